The number of carbonyl (C=O) groups excluding carboxylic acids is 6. The molecule has 6 atom stereocenters. The Labute approximate surface area is 339 Å². The van der Waals surface area contributed by atoms with E-state index >= 15 is 0 Å². The standard InChI is InChI=1S/C44H69N7O6/c1-6-16-33(37(52)42(56)47-28(2)29-17-10-7-11-18-29)48-41(55)36-32(30-19-12-8-13-20-30)23-26-51(36)43(57)38(44(3,4)5)50-40(54)35(31-21-14-9-15-22-31)49-39(53)34-27-45-24-25-46-34/h24-25,27-33,35-36,38H,6-23,26H2,1-5H3,(H,47,56)(H,48,55)(H,49,53)(H,50,54)/t28-,32+,33-,35-,36-,38+/m0/s1. The van der Waals surface area contributed by atoms with E-state index in [1.807, 2.05) is 34.6 Å². The second kappa shape index (κ2) is 20.7. The van der Waals surface area contributed by atoms with Crippen LogP contribution >= 0.6 is 0 Å². The fraction of sp³-hybridized carbons (Fsp3) is 0.773. The highest BCUT2D eigenvalue weighted by Crippen LogP contribution is 2.40. The van der Waals surface area contributed by atoms with Gasteiger partial charge in [-0.2, -0.15) is 0 Å². The van der Waals surface area contributed by atoms with Gasteiger partial charge in [0.1, 0.15) is 23.8 Å². The Morgan fingerprint density at radius 1 is 0.772 bits per heavy atom. The van der Waals surface area contributed by atoms with Crippen LogP contribution < -0.4 is 21.3 Å². The zero-order chi connectivity index (χ0) is 41.1. The van der Waals surface area contributed by atoms with Crippen molar-refractivity contribution in [1.82, 2.24) is 36.1 Å². The molecule has 2 heterocycles. The number of rotatable bonds is 15. The largest absolute Gasteiger partial charge is 0.347 e. The van der Waals surface area contributed by atoms with Crippen molar-refractivity contribution < 1.29 is 28.8 Å². The average molecular weight is 792 g/mol. The van der Waals surface area contributed by atoms with Gasteiger partial charge in [-0.3, -0.25) is 33.8 Å². The molecule has 1 aliphatic heterocycles. The summed E-state index contributed by atoms with van der Waals surface area (Å²) in [5, 5.41) is 11.9. The summed E-state index contributed by atoms with van der Waals surface area (Å²) in [6, 6.07) is -3.91. The van der Waals surface area contributed by atoms with Crippen LogP contribution in [-0.4, -0.2) is 86.9 Å². The van der Waals surface area contributed by atoms with Crippen molar-refractivity contribution in [3.05, 3.63) is 24.3 Å². The molecular formula is C44H69N7O6. The molecule has 5 amide bonds. The summed E-state index contributed by atoms with van der Waals surface area (Å²) in [4.78, 5) is 94.1. The third-order valence-corrected chi connectivity index (χ3v) is 13.3. The monoisotopic (exact) mass is 792 g/mol. The Morgan fingerprint density at radius 3 is 1.96 bits per heavy atom. The number of hydrogen-bond acceptors (Lipinski definition) is 8. The van der Waals surface area contributed by atoms with Crippen LogP contribution in [0.3, 0.4) is 0 Å². The van der Waals surface area contributed by atoms with Crippen LogP contribution in [0, 0.1) is 29.1 Å². The maximum absolute atomic E-state index is 14.9. The summed E-state index contributed by atoms with van der Waals surface area (Å²) >= 11 is 0. The molecule has 0 spiro atoms. The molecule has 1 aromatic rings. The molecule has 13 heteroatoms. The Hall–Kier alpha value is -3.90. The molecule has 13 nitrogen and oxygen atoms in total. The lowest BCUT2D eigenvalue weighted by atomic mass is 9.76. The van der Waals surface area contributed by atoms with Crippen LogP contribution in [0.5, 0.6) is 0 Å². The molecule has 5 rings (SSSR count). The number of nitrogens with one attached hydrogen (secondary N) is 4. The highest BCUT2D eigenvalue weighted by Gasteiger charge is 2.49. The molecule has 0 unspecified atom stereocenters. The normalized spacial score (nSPS) is 23.4. The van der Waals surface area contributed by atoms with Gasteiger partial charge in [-0.15, -0.1) is 0 Å². The summed E-state index contributed by atoms with van der Waals surface area (Å²) in [6.45, 7) is 9.86. The smallest absolute Gasteiger partial charge is 0.289 e. The third kappa shape index (κ3) is 11.6. The van der Waals surface area contributed by atoms with Gasteiger partial charge < -0.3 is 26.2 Å². The number of aromatic nitrogens is 2. The van der Waals surface area contributed by atoms with Crippen LogP contribution in [0.4, 0.5) is 0 Å². The molecule has 1 saturated heterocycles. The van der Waals surface area contributed by atoms with Crippen LogP contribution in [0.15, 0.2) is 18.6 Å². The van der Waals surface area contributed by atoms with Gasteiger partial charge in [0, 0.05) is 25.0 Å². The number of ketones is 1. The topological polar surface area (TPSA) is 180 Å². The maximum Gasteiger partial charge on any atom is 0.289 e. The fourth-order valence-electron chi connectivity index (χ4n) is 10.0. The second-order valence-electron chi connectivity index (χ2n) is 18.4. The molecule has 0 aromatic carbocycles. The van der Waals surface area contributed by atoms with Crippen LogP contribution in [-0.2, 0) is 24.0 Å². The van der Waals surface area contributed by atoms with E-state index in [0.717, 1.165) is 89.9 Å². The molecule has 1 aromatic heterocycles. The van der Waals surface area contributed by atoms with Crippen molar-refractivity contribution in [2.24, 2.45) is 29.1 Å². The van der Waals surface area contributed by atoms with Gasteiger partial charge >= 0.3 is 0 Å². The van der Waals surface area contributed by atoms with Crippen molar-refractivity contribution in [3.8, 4) is 0 Å². The summed E-state index contributed by atoms with van der Waals surface area (Å²) in [5.74, 6) is -2.75. The molecule has 4 fully saturated rings. The molecule has 3 saturated carbocycles. The second-order valence-corrected chi connectivity index (χ2v) is 18.4. The SMILES string of the molecule is CCC[C@H](NC(=O)[C@@H]1[C@@H](C2CCCCC2)CCN1C(=O)[C@@H](NC(=O)[C@@H](NC(=O)c1cnccn1)C1CCCCC1)C(C)(C)C)C(=O)C(=O)N[C@@H](C)C1CCCCC1. The van der Waals surface area contributed by atoms with E-state index in [1.54, 1.807) is 4.90 Å². The Bertz CT molecular complexity index is 1530. The summed E-state index contributed by atoms with van der Waals surface area (Å²) < 4.78 is 0. The number of nitrogens with zero attached hydrogens (tertiary/aromatic N) is 3. The molecule has 3 aliphatic carbocycles. The van der Waals surface area contributed by atoms with Gasteiger partial charge in [0.05, 0.1) is 12.2 Å². The first-order chi connectivity index (χ1) is 27.3. The van der Waals surface area contributed by atoms with E-state index < -0.39 is 59.0 Å². The van der Waals surface area contributed by atoms with Gasteiger partial charge in [-0.05, 0) is 74.5 Å². The minimum Gasteiger partial charge on any atom is -0.347 e. The van der Waals surface area contributed by atoms with E-state index in [9.17, 15) is 28.8 Å². The lowest BCUT2D eigenvalue weighted by Crippen LogP contribution is -2.62. The van der Waals surface area contributed by atoms with Gasteiger partial charge in [-0.1, -0.05) is 105 Å². The molecule has 4 N–H and O–H groups in total. The molecule has 0 radical (unpaired) electrons. The van der Waals surface area contributed by atoms with Crippen LogP contribution in [0.2, 0.25) is 0 Å². The zero-order valence-corrected chi connectivity index (χ0v) is 35.2. The van der Waals surface area contributed by atoms with Gasteiger partial charge in [0.25, 0.3) is 11.8 Å². The van der Waals surface area contributed by atoms with Crippen molar-refractivity contribution in [3.63, 3.8) is 0 Å². The number of likely N-dealkylation sites (tertiary alicyclic amines) is 1. The molecule has 57 heavy (non-hydrogen) atoms. The van der Waals surface area contributed by atoms with Gasteiger partial charge in [0.2, 0.25) is 23.5 Å². The van der Waals surface area contributed by atoms with Crippen molar-refractivity contribution >= 4 is 35.3 Å². The number of Topliss-reactive ketones (excluding diaryl/α,β-unsaturated/α-hetero) is 1. The first-order valence-corrected chi connectivity index (χ1v) is 22.1. The predicted octanol–water partition coefficient (Wildman–Crippen LogP) is 5.42. The zero-order valence-electron chi connectivity index (χ0n) is 35.2. The summed E-state index contributed by atoms with van der Waals surface area (Å²) in [7, 11) is 0. The fourth-order valence-corrected chi connectivity index (χ4v) is 10.0. The number of hydrogen-bond donors (Lipinski definition) is 4. The molecule has 316 valence electrons. The maximum atomic E-state index is 14.9. The van der Waals surface area contributed by atoms with Gasteiger partial charge in [0.15, 0.2) is 0 Å². The van der Waals surface area contributed by atoms with Crippen molar-refractivity contribution in [2.45, 2.75) is 180 Å². The van der Waals surface area contributed by atoms with E-state index in [2.05, 4.69) is 31.2 Å². The third-order valence-electron chi connectivity index (χ3n) is 13.3. The van der Waals surface area contributed by atoms with Crippen molar-refractivity contribution in [1.29, 1.82) is 0 Å². The van der Waals surface area contributed by atoms with E-state index in [-0.39, 0.29) is 35.4 Å². The number of amides is 5. The van der Waals surface area contributed by atoms with E-state index in [1.165, 1.54) is 25.0 Å². The average Bonchev–Trinajstić information content (AvgIpc) is 3.67. The molecular weight excluding hydrogens is 723 g/mol. The first kappa shape index (κ1) is 44.2. The lowest BCUT2D eigenvalue weighted by Gasteiger charge is -2.39. The Balaban J connectivity index is 1.37. The first-order valence-electron chi connectivity index (χ1n) is 22.1. The van der Waals surface area contributed by atoms with E-state index in [0.29, 0.717) is 31.7 Å². The molecule has 4 aliphatic rings. The molecule has 0 bridgehead atoms. The predicted molar refractivity (Wildman–Crippen MR) is 217 cm³/mol. The quantitative estimate of drug-likeness (QED) is 0.170. The Morgan fingerprint density at radius 2 is 1.39 bits per heavy atom. The van der Waals surface area contributed by atoms with Gasteiger partial charge in [-0.25, -0.2) is 4.98 Å². The minimum absolute atomic E-state index is 0.102. The minimum atomic E-state index is -1.02. The number of carbonyl (C=O) groups is 6. The Kier molecular flexibility index (Phi) is 16.0. The lowest BCUT2D eigenvalue weighted by molar-refractivity contribution is -0.146. The highest BCUT2D eigenvalue weighted by atomic mass is 16.2. The summed E-state index contributed by atoms with van der Waals surface area (Å²) in [6.07, 6.45) is 20.9. The highest BCUT2D eigenvalue weighted by molar-refractivity contribution is 6.38. The van der Waals surface area contributed by atoms with Crippen LogP contribution in [0.1, 0.15) is 161 Å². The van der Waals surface area contributed by atoms with Crippen molar-refractivity contribution in [2.75, 3.05) is 6.54 Å². The summed E-state index contributed by atoms with van der Waals surface area (Å²) in [5.41, 5.74) is -0.651. The van der Waals surface area contributed by atoms with E-state index in [4.69, 9.17) is 0 Å². The van der Waals surface area contributed by atoms with Crippen LogP contribution in [0.25, 0.3) is 0 Å².